The van der Waals surface area contributed by atoms with Crippen LogP contribution in [-0.2, 0) is 9.53 Å². The van der Waals surface area contributed by atoms with Crippen LogP contribution in [-0.4, -0.2) is 12.1 Å². The van der Waals surface area contributed by atoms with Crippen molar-refractivity contribution in [1.82, 2.24) is 0 Å². The van der Waals surface area contributed by atoms with Crippen LogP contribution < -0.4 is 0 Å². The van der Waals surface area contributed by atoms with E-state index >= 15 is 0 Å². The van der Waals surface area contributed by atoms with Gasteiger partial charge in [-0.2, -0.15) is 0 Å². The van der Waals surface area contributed by atoms with Crippen LogP contribution in [0.15, 0.2) is 12.7 Å². The first-order valence-corrected chi connectivity index (χ1v) is 5.00. The highest BCUT2D eigenvalue weighted by Gasteiger charge is 2.46. The van der Waals surface area contributed by atoms with E-state index in [1.54, 1.807) is 0 Å². The first-order chi connectivity index (χ1) is 6.20. The highest BCUT2D eigenvalue weighted by atomic mass is 16.5. The monoisotopic (exact) mass is 180 g/mol. The highest BCUT2D eigenvalue weighted by Crippen LogP contribution is 2.49. The second-order valence-electron chi connectivity index (χ2n) is 4.27. The quantitative estimate of drug-likeness (QED) is 0.481. The van der Waals surface area contributed by atoms with Crippen molar-refractivity contribution in [2.24, 2.45) is 17.8 Å². The Morgan fingerprint density at radius 2 is 2.15 bits per heavy atom. The molecule has 0 heterocycles. The molecule has 2 aliphatic carbocycles. The van der Waals surface area contributed by atoms with E-state index in [0.717, 1.165) is 12.3 Å². The predicted octanol–water partition coefficient (Wildman–Crippen LogP) is 2.15. The number of allylic oxidation sites excluding steroid dienone is 1. The average Bonchev–Trinajstić information content (AvgIpc) is 2.60. The average molecular weight is 180 g/mol. The Balaban J connectivity index is 1.95. The maximum Gasteiger partial charge on any atom is 0.302 e. The van der Waals surface area contributed by atoms with E-state index in [9.17, 15) is 4.79 Å². The molecule has 0 N–H and O–H groups in total. The Morgan fingerprint density at radius 1 is 1.38 bits per heavy atom. The second kappa shape index (κ2) is 3.17. The van der Waals surface area contributed by atoms with Crippen LogP contribution in [0.5, 0.6) is 0 Å². The van der Waals surface area contributed by atoms with Gasteiger partial charge < -0.3 is 4.74 Å². The standard InChI is InChI=1S/C11H16O2/c1-3-8-4-10-5-9(8)6-11(10)13-7(2)12/h3,8-11H,1,4-6H2,2H3/t8-,9-,10+,11+/m0/s1. The second-order valence-corrected chi connectivity index (χ2v) is 4.27. The van der Waals surface area contributed by atoms with Crippen molar-refractivity contribution in [2.75, 3.05) is 0 Å². The molecule has 0 unspecified atom stereocenters. The third-order valence-corrected chi connectivity index (χ3v) is 3.47. The van der Waals surface area contributed by atoms with Gasteiger partial charge in [0.2, 0.25) is 0 Å². The third kappa shape index (κ3) is 1.50. The molecule has 4 atom stereocenters. The van der Waals surface area contributed by atoms with Crippen LogP contribution in [0.25, 0.3) is 0 Å². The molecule has 0 amide bonds. The smallest absolute Gasteiger partial charge is 0.302 e. The molecule has 72 valence electrons. The Morgan fingerprint density at radius 3 is 2.62 bits per heavy atom. The minimum atomic E-state index is -0.132. The highest BCUT2D eigenvalue weighted by molar-refractivity contribution is 5.66. The lowest BCUT2D eigenvalue weighted by Crippen LogP contribution is -2.25. The number of hydrogen-bond donors (Lipinski definition) is 0. The summed E-state index contributed by atoms with van der Waals surface area (Å²) < 4.78 is 5.26. The molecule has 2 heteroatoms. The fourth-order valence-corrected chi connectivity index (χ4v) is 2.91. The van der Waals surface area contributed by atoms with Gasteiger partial charge in [0.05, 0.1) is 0 Å². The summed E-state index contributed by atoms with van der Waals surface area (Å²) >= 11 is 0. The number of hydrogen-bond acceptors (Lipinski definition) is 2. The number of ether oxygens (including phenoxy) is 1. The summed E-state index contributed by atoms with van der Waals surface area (Å²) in [4.78, 5) is 10.8. The van der Waals surface area contributed by atoms with E-state index in [0.29, 0.717) is 11.8 Å². The molecular weight excluding hydrogens is 164 g/mol. The number of carbonyl (C=O) groups is 1. The van der Waals surface area contributed by atoms with E-state index < -0.39 is 0 Å². The number of carbonyl (C=O) groups excluding carboxylic acids is 1. The molecule has 0 aromatic carbocycles. The number of rotatable bonds is 2. The molecule has 2 aliphatic rings. The van der Waals surface area contributed by atoms with E-state index in [1.807, 2.05) is 0 Å². The Hall–Kier alpha value is -0.790. The Bertz CT molecular complexity index is 234. The first kappa shape index (κ1) is 8.79. The lowest BCUT2D eigenvalue weighted by Gasteiger charge is -2.25. The molecule has 13 heavy (non-hydrogen) atoms. The van der Waals surface area contributed by atoms with Crippen LogP contribution in [0.4, 0.5) is 0 Å². The molecule has 2 nitrogen and oxygen atoms in total. The molecule has 2 fully saturated rings. The van der Waals surface area contributed by atoms with E-state index in [2.05, 4.69) is 12.7 Å². The fourth-order valence-electron chi connectivity index (χ4n) is 2.91. The lowest BCUT2D eigenvalue weighted by atomic mass is 9.87. The van der Waals surface area contributed by atoms with Gasteiger partial charge in [0.15, 0.2) is 0 Å². The van der Waals surface area contributed by atoms with Gasteiger partial charge in [-0.1, -0.05) is 6.08 Å². The summed E-state index contributed by atoms with van der Waals surface area (Å²) in [5, 5.41) is 0. The normalized spacial score (nSPS) is 41.9. The summed E-state index contributed by atoms with van der Waals surface area (Å²) in [7, 11) is 0. The molecule has 0 saturated heterocycles. The number of esters is 1. The van der Waals surface area contributed by atoms with E-state index in [1.165, 1.54) is 19.8 Å². The van der Waals surface area contributed by atoms with Crippen molar-refractivity contribution in [1.29, 1.82) is 0 Å². The summed E-state index contributed by atoms with van der Waals surface area (Å²) in [5.41, 5.74) is 0. The zero-order valence-corrected chi connectivity index (χ0v) is 8.03. The number of fused-ring (bicyclic) bond motifs is 2. The van der Waals surface area contributed by atoms with Crippen molar-refractivity contribution < 1.29 is 9.53 Å². The van der Waals surface area contributed by atoms with Crippen LogP contribution in [0.3, 0.4) is 0 Å². The first-order valence-electron chi connectivity index (χ1n) is 5.00. The molecule has 0 radical (unpaired) electrons. The van der Waals surface area contributed by atoms with Gasteiger partial charge >= 0.3 is 5.97 Å². The van der Waals surface area contributed by atoms with Crippen molar-refractivity contribution in [3.05, 3.63) is 12.7 Å². The van der Waals surface area contributed by atoms with Gasteiger partial charge in [-0.05, 0) is 37.0 Å². The summed E-state index contributed by atoms with van der Waals surface area (Å²) in [6, 6.07) is 0. The fraction of sp³-hybridized carbons (Fsp3) is 0.727. The molecule has 0 aromatic heterocycles. The molecule has 0 aromatic rings. The van der Waals surface area contributed by atoms with Crippen LogP contribution in [0.2, 0.25) is 0 Å². The molecule has 0 aliphatic heterocycles. The molecule has 2 rings (SSSR count). The van der Waals surface area contributed by atoms with Crippen molar-refractivity contribution in [2.45, 2.75) is 32.3 Å². The SMILES string of the molecule is C=C[C@H]1C[C@@H]2C[C@H]1C[C@H]2OC(C)=O. The Kier molecular flexibility index (Phi) is 2.14. The van der Waals surface area contributed by atoms with Gasteiger partial charge in [0.25, 0.3) is 0 Å². The van der Waals surface area contributed by atoms with Gasteiger partial charge in [-0.15, -0.1) is 6.58 Å². The van der Waals surface area contributed by atoms with E-state index in [-0.39, 0.29) is 12.1 Å². The Labute approximate surface area is 79.0 Å². The van der Waals surface area contributed by atoms with E-state index in [4.69, 9.17) is 4.74 Å². The van der Waals surface area contributed by atoms with Gasteiger partial charge in [0, 0.05) is 6.92 Å². The minimum absolute atomic E-state index is 0.132. The zero-order valence-electron chi connectivity index (χ0n) is 8.03. The van der Waals surface area contributed by atoms with Crippen LogP contribution >= 0.6 is 0 Å². The topological polar surface area (TPSA) is 26.3 Å². The maximum atomic E-state index is 10.8. The summed E-state index contributed by atoms with van der Waals surface area (Å²) in [6.07, 6.45) is 5.73. The van der Waals surface area contributed by atoms with Crippen LogP contribution in [0.1, 0.15) is 26.2 Å². The summed E-state index contributed by atoms with van der Waals surface area (Å²) in [5.74, 6) is 1.88. The molecule has 0 spiro atoms. The van der Waals surface area contributed by atoms with Gasteiger partial charge in [0.1, 0.15) is 6.10 Å². The maximum absolute atomic E-state index is 10.8. The van der Waals surface area contributed by atoms with Gasteiger partial charge in [-0.25, -0.2) is 0 Å². The van der Waals surface area contributed by atoms with Crippen molar-refractivity contribution in [3.8, 4) is 0 Å². The zero-order chi connectivity index (χ0) is 9.42. The van der Waals surface area contributed by atoms with Crippen molar-refractivity contribution >= 4 is 5.97 Å². The molecule has 2 bridgehead atoms. The van der Waals surface area contributed by atoms with Gasteiger partial charge in [-0.3, -0.25) is 4.79 Å². The minimum Gasteiger partial charge on any atom is -0.462 e. The predicted molar refractivity (Wildman–Crippen MR) is 50.1 cm³/mol. The van der Waals surface area contributed by atoms with Crippen LogP contribution in [0, 0.1) is 17.8 Å². The largest absolute Gasteiger partial charge is 0.462 e. The summed E-state index contributed by atoms with van der Waals surface area (Å²) in [6.45, 7) is 5.34. The molecule has 2 saturated carbocycles. The molecular formula is C11H16O2. The third-order valence-electron chi connectivity index (χ3n) is 3.47. The van der Waals surface area contributed by atoms with Crippen molar-refractivity contribution in [3.63, 3.8) is 0 Å². The lowest BCUT2D eigenvalue weighted by molar-refractivity contribution is -0.149.